The molecule has 0 saturated carbocycles. The maximum absolute atomic E-state index is 13.6. The van der Waals surface area contributed by atoms with Crippen LogP contribution in [-0.4, -0.2) is 15.9 Å². The van der Waals surface area contributed by atoms with Crippen LogP contribution < -0.4 is 10.6 Å². The molecule has 1 aromatic heterocycles. The van der Waals surface area contributed by atoms with E-state index in [0.717, 1.165) is 12.1 Å². The first-order chi connectivity index (χ1) is 13.3. The SMILES string of the molecule is O=C(NCc1ccccc1F)c1ccnc(Nc2ccc(C(F)(F)F)cc2)n1. The highest BCUT2D eigenvalue weighted by atomic mass is 19.4. The molecule has 3 aromatic rings. The van der Waals surface area contributed by atoms with Crippen LogP contribution in [0.15, 0.2) is 60.8 Å². The number of hydrogen-bond donors (Lipinski definition) is 2. The van der Waals surface area contributed by atoms with Gasteiger partial charge >= 0.3 is 6.18 Å². The Morgan fingerprint density at radius 2 is 1.71 bits per heavy atom. The van der Waals surface area contributed by atoms with Crippen molar-refractivity contribution >= 4 is 17.5 Å². The minimum Gasteiger partial charge on any atom is -0.347 e. The summed E-state index contributed by atoms with van der Waals surface area (Å²) in [6, 6.07) is 11.7. The van der Waals surface area contributed by atoms with Crippen molar-refractivity contribution in [2.24, 2.45) is 0 Å². The van der Waals surface area contributed by atoms with Crippen molar-refractivity contribution in [2.75, 3.05) is 5.32 Å². The molecule has 5 nitrogen and oxygen atoms in total. The monoisotopic (exact) mass is 390 g/mol. The lowest BCUT2D eigenvalue weighted by atomic mass is 10.2. The number of anilines is 2. The van der Waals surface area contributed by atoms with E-state index in [-0.39, 0.29) is 18.2 Å². The summed E-state index contributed by atoms with van der Waals surface area (Å²) < 4.78 is 51.4. The minimum atomic E-state index is -4.43. The Morgan fingerprint density at radius 1 is 1.00 bits per heavy atom. The van der Waals surface area contributed by atoms with Gasteiger partial charge in [0.25, 0.3) is 5.91 Å². The lowest BCUT2D eigenvalue weighted by Crippen LogP contribution is -2.24. The van der Waals surface area contributed by atoms with E-state index in [1.807, 2.05) is 0 Å². The number of alkyl halides is 3. The van der Waals surface area contributed by atoms with E-state index in [0.29, 0.717) is 11.3 Å². The number of nitrogens with one attached hydrogen (secondary N) is 2. The minimum absolute atomic E-state index is 0.0167. The summed E-state index contributed by atoms with van der Waals surface area (Å²) in [4.78, 5) is 20.2. The molecule has 1 amide bonds. The third kappa shape index (κ3) is 4.81. The quantitative estimate of drug-likeness (QED) is 0.638. The number of halogens is 4. The van der Waals surface area contributed by atoms with Gasteiger partial charge in [0.1, 0.15) is 11.5 Å². The predicted octanol–water partition coefficient (Wildman–Crippen LogP) is 4.31. The molecular weight excluding hydrogens is 376 g/mol. The zero-order valence-corrected chi connectivity index (χ0v) is 14.3. The zero-order valence-electron chi connectivity index (χ0n) is 14.3. The molecule has 1 heterocycles. The molecule has 0 bridgehead atoms. The number of rotatable bonds is 5. The maximum atomic E-state index is 13.6. The fraction of sp³-hybridized carbons (Fsp3) is 0.105. The fourth-order valence-corrected chi connectivity index (χ4v) is 2.32. The third-order valence-corrected chi connectivity index (χ3v) is 3.75. The molecule has 0 spiro atoms. The van der Waals surface area contributed by atoms with Crippen molar-refractivity contribution in [3.8, 4) is 0 Å². The van der Waals surface area contributed by atoms with Crippen LogP contribution in [0.25, 0.3) is 0 Å². The van der Waals surface area contributed by atoms with E-state index in [4.69, 9.17) is 0 Å². The van der Waals surface area contributed by atoms with Gasteiger partial charge < -0.3 is 10.6 Å². The third-order valence-electron chi connectivity index (χ3n) is 3.75. The van der Waals surface area contributed by atoms with Crippen LogP contribution in [0.3, 0.4) is 0 Å². The van der Waals surface area contributed by atoms with Gasteiger partial charge in [0.05, 0.1) is 5.56 Å². The van der Waals surface area contributed by atoms with Gasteiger partial charge in [0.15, 0.2) is 0 Å². The van der Waals surface area contributed by atoms with E-state index < -0.39 is 23.5 Å². The second-order valence-electron chi connectivity index (χ2n) is 5.74. The number of amides is 1. The lowest BCUT2D eigenvalue weighted by Gasteiger charge is -2.09. The standard InChI is InChI=1S/C19H14F4N4O/c20-15-4-2-1-3-12(15)11-25-17(28)16-9-10-24-18(27-16)26-14-7-5-13(6-8-14)19(21,22)23/h1-10H,11H2,(H,25,28)(H,24,26,27). The Balaban J connectivity index is 1.66. The predicted molar refractivity (Wildman–Crippen MR) is 94.3 cm³/mol. The summed E-state index contributed by atoms with van der Waals surface area (Å²) in [7, 11) is 0. The molecule has 2 N–H and O–H groups in total. The number of aromatic nitrogens is 2. The van der Waals surface area contributed by atoms with Gasteiger partial charge in [0.2, 0.25) is 5.95 Å². The molecule has 0 radical (unpaired) electrons. The molecule has 0 unspecified atom stereocenters. The molecule has 3 rings (SSSR count). The smallest absolute Gasteiger partial charge is 0.347 e. The summed E-state index contributed by atoms with van der Waals surface area (Å²) in [6.45, 7) is -0.0167. The van der Waals surface area contributed by atoms with Crippen LogP contribution in [0.5, 0.6) is 0 Å². The van der Waals surface area contributed by atoms with Gasteiger partial charge in [-0.2, -0.15) is 13.2 Å². The summed E-state index contributed by atoms with van der Waals surface area (Å²) in [5.41, 5.74) is -0.0917. The molecule has 0 fully saturated rings. The molecule has 0 aliphatic rings. The first-order valence-corrected chi connectivity index (χ1v) is 8.12. The number of carbonyl (C=O) groups excluding carboxylic acids is 1. The summed E-state index contributed by atoms with van der Waals surface area (Å²) in [5.74, 6) is -0.936. The highest BCUT2D eigenvalue weighted by molar-refractivity contribution is 5.92. The fourth-order valence-electron chi connectivity index (χ4n) is 2.32. The average molecular weight is 390 g/mol. The topological polar surface area (TPSA) is 66.9 Å². The van der Waals surface area contributed by atoms with Crippen molar-refractivity contribution in [2.45, 2.75) is 12.7 Å². The Morgan fingerprint density at radius 3 is 2.39 bits per heavy atom. The molecule has 0 aliphatic carbocycles. The highest BCUT2D eigenvalue weighted by Gasteiger charge is 2.29. The van der Waals surface area contributed by atoms with E-state index >= 15 is 0 Å². The molecule has 144 valence electrons. The van der Waals surface area contributed by atoms with Crippen molar-refractivity contribution in [1.82, 2.24) is 15.3 Å². The van der Waals surface area contributed by atoms with Crippen molar-refractivity contribution in [1.29, 1.82) is 0 Å². The van der Waals surface area contributed by atoms with Crippen LogP contribution in [0.4, 0.5) is 29.2 Å². The first-order valence-electron chi connectivity index (χ1n) is 8.12. The number of nitrogens with zero attached hydrogens (tertiary/aromatic N) is 2. The summed E-state index contributed by atoms with van der Waals surface area (Å²) in [6.07, 6.45) is -3.09. The number of benzene rings is 2. The van der Waals surface area contributed by atoms with Gasteiger partial charge in [-0.15, -0.1) is 0 Å². The Kier molecular flexibility index (Phi) is 5.53. The summed E-state index contributed by atoms with van der Waals surface area (Å²) in [5, 5.41) is 5.28. The Labute approximate surface area is 157 Å². The van der Waals surface area contributed by atoms with Gasteiger partial charge in [-0.3, -0.25) is 4.79 Å². The zero-order chi connectivity index (χ0) is 20.1. The van der Waals surface area contributed by atoms with Crippen molar-refractivity contribution in [3.05, 3.63) is 83.4 Å². The number of hydrogen-bond acceptors (Lipinski definition) is 4. The normalized spacial score (nSPS) is 11.1. The maximum Gasteiger partial charge on any atom is 0.416 e. The number of carbonyl (C=O) groups is 1. The molecule has 9 heteroatoms. The van der Waals surface area contributed by atoms with Crippen molar-refractivity contribution < 1.29 is 22.4 Å². The largest absolute Gasteiger partial charge is 0.416 e. The molecule has 28 heavy (non-hydrogen) atoms. The Hall–Kier alpha value is -3.49. The second-order valence-corrected chi connectivity index (χ2v) is 5.74. The molecular formula is C19H14F4N4O. The molecule has 0 atom stereocenters. The van der Waals surface area contributed by atoms with Gasteiger partial charge in [-0.25, -0.2) is 14.4 Å². The van der Waals surface area contributed by atoms with E-state index in [2.05, 4.69) is 20.6 Å². The van der Waals surface area contributed by atoms with Crippen LogP contribution in [-0.2, 0) is 12.7 Å². The average Bonchev–Trinajstić information content (AvgIpc) is 2.67. The van der Waals surface area contributed by atoms with Gasteiger partial charge in [0, 0.05) is 24.0 Å². The van der Waals surface area contributed by atoms with Crippen LogP contribution in [0.2, 0.25) is 0 Å². The van der Waals surface area contributed by atoms with Gasteiger partial charge in [-0.1, -0.05) is 18.2 Å². The highest BCUT2D eigenvalue weighted by Crippen LogP contribution is 2.30. The van der Waals surface area contributed by atoms with Gasteiger partial charge in [-0.05, 0) is 36.4 Å². The van der Waals surface area contributed by atoms with E-state index in [9.17, 15) is 22.4 Å². The van der Waals surface area contributed by atoms with Crippen LogP contribution >= 0.6 is 0 Å². The first kappa shape index (κ1) is 19.3. The van der Waals surface area contributed by atoms with Crippen molar-refractivity contribution in [3.63, 3.8) is 0 Å². The van der Waals surface area contributed by atoms with Crippen LogP contribution in [0, 0.1) is 5.82 Å². The van der Waals surface area contributed by atoms with E-state index in [1.54, 1.807) is 18.2 Å². The summed E-state index contributed by atoms with van der Waals surface area (Å²) >= 11 is 0. The molecule has 2 aromatic carbocycles. The lowest BCUT2D eigenvalue weighted by molar-refractivity contribution is -0.137. The molecule has 0 saturated heterocycles. The van der Waals surface area contributed by atoms with E-state index in [1.165, 1.54) is 30.5 Å². The second kappa shape index (κ2) is 8.03. The van der Waals surface area contributed by atoms with Crippen LogP contribution in [0.1, 0.15) is 21.6 Å². The molecule has 0 aliphatic heterocycles. The Bertz CT molecular complexity index is 974.